The first-order valence-corrected chi connectivity index (χ1v) is 5.70. The fourth-order valence-corrected chi connectivity index (χ4v) is 2.20. The lowest BCUT2D eigenvalue weighted by Crippen LogP contribution is -2.00. The van der Waals surface area contributed by atoms with Gasteiger partial charge in [0.05, 0.1) is 10.9 Å². The van der Waals surface area contributed by atoms with E-state index in [0.29, 0.717) is 0 Å². The number of hydrogen-bond donors (Lipinski definition) is 1. The van der Waals surface area contributed by atoms with Gasteiger partial charge in [0.25, 0.3) is 0 Å². The lowest BCUT2D eigenvalue weighted by molar-refractivity contribution is 1.06. The molecule has 2 heterocycles. The van der Waals surface area contributed by atoms with Crippen molar-refractivity contribution in [2.24, 2.45) is 0 Å². The third kappa shape index (κ3) is 2.91. The van der Waals surface area contributed by atoms with E-state index in [1.807, 2.05) is 25.1 Å². The van der Waals surface area contributed by atoms with Crippen LogP contribution in [-0.4, -0.2) is 9.97 Å². The molecule has 2 aromatic rings. The molecule has 0 amide bonds. The van der Waals surface area contributed by atoms with Crippen LogP contribution in [0.2, 0.25) is 4.34 Å². The van der Waals surface area contributed by atoms with Crippen molar-refractivity contribution in [2.45, 2.75) is 13.5 Å². The van der Waals surface area contributed by atoms with Crippen LogP contribution >= 0.6 is 22.9 Å². The maximum absolute atomic E-state index is 5.83. The van der Waals surface area contributed by atoms with E-state index in [1.54, 1.807) is 17.7 Å². The third-order valence-corrected chi connectivity index (χ3v) is 3.11. The second kappa shape index (κ2) is 4.59. The minimum absolute atomic E-state index is 0.744. The summed E-state index contributed by atoms with van der Waals surface area (Å²) in [6.45, 7) is 2.68. The van der Waals surface area contributed by atoms with E-state index < -0.39 is 0 Å². The molecule has 0 aliphatic carbocycles. The number of nitrogens with one attached hydrogen (secondary N) is 1. The zero-order chi connectivity index (χ0) is 10.7. The van der Waals surface area contributed by atoms with E-state index in [0.717, 1.165) is 22.4 Å². The van der Waals surface area contributed by atoms with Crippen molar-refractivity contribution in [3.63, 3.8) is 0 Å². The Balaban J connectivity index is 1.99. The number of hydrogen-bond acceptors (Lipinski definition) is 4. The largest absolute Gasteiger partial charge is 0.365 e. The molecule has 0 bridgehead atoms. The summed E-state index contributed by atoms with van der Waals surface area (Å²) in [6.07, 6.45) is 1.55. The molecule has 0 aliphatic heterocycles. The number of aryl methyl sites for hydroxylation is 1. The van der Waals surface area contributed by atoms with Crippen molar-refractivity contribution in [1.82, 2.24) is 9.97 Å². The Morgan fingerprint density at radius 2 is 2.27 bits per heavy atom. The van der Waals surface area contributed by atoms with E-state index >= 15 is 0 Å². The van der Waals surface area contributed by atoms with Crippen LogP contribution < -0.4 is 5.32 Å². The number of anilines is 1. The quantitative estimate of drug-likeness (QED) is 0.895. The van der Waals surface area contributed by atoms with Gasteiger partial charge in [-0.1, -0.05) is 11.6 Å². The predicted molar refractivity (Wildman–Crippen MR) is 63.4 cm³/mol. The summed E-state index contributed by atoms with van der Waals surface area (Å²) in [4.78, 5) is 9.33. The van der Waals surface area contributed by atoms with Gasteiger partial charge in [0.1, 0.15) is 12.1 Å². The topological polar surface area (TPSA) is 37.8 Å². The van der Waals surface area contributed by atoms with Crippen LogP contribution in [0.4, 0.5) is 5.82 Å². The molecule has 0 aliphatic rings. The number of halogens is 1. The molecule has 0 unspecified atom stereocenters. The number of nitrogens with zero attached hydrogens (tertiary/aromatic N) is 2. The van der Waals surface area contributed by atoms with Gasteiger partial charge in [0, 0.05) is 16.6 Å². The van der Waals surface area contributed by atoms with E-state index in [9.17, 15) is 0 Å². The monoisotopic (exact) mass is 239 g/mol. The van der Waals surface area contributed by atoms with Gasteiger partial charge in [-0.2, -0.15) is 0 Å². The van der Waals surface area contributed by atoms with Crippen LogP contribution in [0.1, 0.15) is 10.6 Å². The highest BCUT2D eigenvalue weighted by molar-refractivity contribution is 7.16. The number of aromatic nitrogens is 2. The first-order valence-electron chi connectivity index (χ1n) is 4.51. The average Bonchev–Trinajstić information content (AvgIpc) is 2.62. The second-order valence-corrected chi connectivity index (χ2v) is 4.90. The van der Waals surface area contributed by atoms with E-state index in [-0.39, 0.29) is 0 Å². The van der Waals surface area contributed by atoms with Crippen molar-refractivity contribution < 1.29 is 0 Å². The first-order chi connectivity index (χ1) is 7.24. The molecule has 2 aromatic heterocycles. The maximum Gasteiger partial charge on any atom is 0.129 e. The van der Waals surface area contributed by atoms with Gasteiger partial charge < -0.3 is 5.32 Å². The SMILES string of the molecule is Cc1cc(NCc2ccc(Cl)s2)ncn1. The summed E-state index contributed by atoms with van der Waals surface area (Å²) in [6, 6.07) is 5.82. The molecule has 0 saturated carbocycles. The second-order valence-electron chi connectivity index (χ2n) is 3.10. The Kier molecular flexibility index (Phi) is 3.18. The Hall–Kier alpha value is -1.13. The van der Waals surface area contributed by atoms with Crippen molar-refractivity contribution in [3.05, 3.63) is 39.4 Å². The van der Waals surface area contributed by atoms with Gasteiger partial charge in [0.2, 0.25) is 0 Å². The van der Waals surface area contributed by atoms with Gasteiger partial charge in [-0.05, 0) is 19.1 Å². The molecular formula is C10H10ClN3S. The lowest BCUT2D eigenvalue weighted by atomic mass is 10.4. The van der Waals surface area contributed by atoms with Crippen LogP contribution in [0.3, 0.4) is 0 Å². The first kappa shape index (κ1) is 10.4. The normalized spacial score (nSPS) is 10.3. The van der Waals surface area contributed by atoms with Crippen molar-refractivity contribution >= 4 is 28.8 Å². The molecule has 0 aromatic carbocycles. The standard InChI is InChI=1S/C10H10ClN3S/c1-7-4-10(14-6-13-7)12-5-8-2-3-9(11)15-8/h2-4,6H,5H2,1H3,(H,12,13,14). The van der Waals surface area contributed by atoms with E-state index in [1.165, 1.54) is 4.88 Å². The average molecular weight is 240 g/mol. The van der Waals surface area contributed by atoms with Crippen LogP contribution in [0.15, 0.2) is 24.5 Å². The molecule has 0 saturated heterocycles. The molecule has 0 radical (unpaired) electrons. The molecule has 3 nitrogen and oxygen atoms in total. The summed E-state index contributed by atoms with van der Waals surface area (Å²) < 4.78 is 0.811. The lowest BCUT2D eigenvalue weighted by Gasteiger charge is -2.03. The molecule has 78 valence electrons. The summed E-state index contributed by atoms with van der Waals surface area (Å²) in [5, 5.41) is 3.22. The molecule has 0 fully saturated rings. The summed E-state index contributed by atoms with van der Waals surface area (Å²) in [5.74, 6) is 0.840. The van der Waals surface area contributed by atoms with Gasteiger partial charge in [-0.25, -0.2) is 9.97 Å². The van der Waals surface area contributed by atoms with Crippen LogP contribution in [0.25, 0.3) is 0 Å². The Morgan fingerprint density at radius 1 is 1.40 bits per heavy atom. The van der Waals surface area contributed by atoms with Gasteiger partial charge in [0.15, 0.2) is 0 Å². The molecule has 2 rings (SSSR count). The van der Waals surface area contributed by atoms with Crippen LogP contribution in [0.5, 0.6) is 0 Å². The maximum atomic E-state index is 5.83. The summed E-state index contributed by atoms with van der Waals surface area (Å²) >= 11 is 7.40. The van der Waals surface area contributed by atoms with E-state index in [4.69, 9.17) is 11.6 Å². The van der Waals surface area contributed by atoms with Crippen LogP contribution in [0, 0.1) is 6.92 Å². The fraction of sp³-hybridized carbons (Fsp3) is 0.200. The van der Waals surface area contributed by atoms with Crippen LogP contribution in [-0.2, 0) is 6.54 Å². The highest BCUT2D eigenvalue weighted by atomic mass is 35.5. The highest BCUT2D eigenvalue weighted by Gasteiger charge is 1.99. The summed E-state index contributed by atoms with van der Waals surface area (Å²) in [5.41, 5.74) is 0.955. The molecule has 0 atom stereocenters. The molecule has 15 heavy (non-hydrogen) atoms. The van der Waals surface area contributed by atoms with E-state index in [2.05, 4.69) is 15.3 Å². The molecule has 5 heteroatoms. The highest BCUT2D eigenvalue weighted by Crippen LogP contribution is 2.21. The van der Waals surface area contributed by atoms with Gasteiger partial charge in [-0.3, -0.25) is 0 Å². The molecular weight excluding hydrogens is 230 g/mol. The van der Waals surface area contributed by atoms with Crippen molar-refractivity contribution in [1.29, 1.82) is 0 Å². The van der Waals surface area contributed by atoms with Crippen molar-refractivity contribution in [2.75, 3.05) is 5.32 Å². The minimum Gasteiger partial charge on any atom is -0.365 e. The molecule has 1 N–H and O–H groups in total. The van der Waals surface area contributed by atoms with Crippen molar-refractivity contribution in [3.8, 4) is 0 Å². The minimum atomic E-state index is 0.744. The number of rotatable bonds is 3. The summed E-state index contributed by atoms with van der Waals surface area (Å²) in [7, 11) is 0. The van der Waals surface area contributed by atoms with Gasteiger partial charge in [-0.15, -0.1) is 11.3 Å². The Morgan fingerprint density at radius 3 is 2.93 bits per heavy atom. The predicted octanol–water partition coefficient (Wildman–Crippen LogP) is 3.11. The molecule has 0 spiro atoms. The zero-order valence-corrected chi connectivity index (χ0v) is 9.77. The Bertz CT molecular complexity index is 455. The number of thiophene rings is 1. The fourth-order valence-electron chi connectivity index (χ4n) is 1.18. The zero-order valence-electron chi connectivity index (χ0n) is 8.20. The Labute approximate surface area is 97.2 Å². The third-order valence-electron chi connectivity index (χ3n) is 1.88. The smallest absolute Gasteiger partial charge is 0.129 e. The van der Waals surface area contributed by atoms with Gasteiger partial charge >= 0.3 is 0 Å².